The minimum atomic E-state index is 0.958. The summed E-state index contributed by atoms with van der Waals surface area (Å²) >= 11 is 0. The molecule has 0 aliphatic heterocycles. The van der Waals surface area contributed by atoms with Gasteiger partial charge < -0.3 is 0 Å². The largest absolute Gasteiger partial charge is 0.0622 e. The van der Waals surface area contributed by atoms with Gasteiger partial charge in [0.1, 0.15) is 0 Å². The molecule has 4 atom stereocenters. The van der Waals surface area contributed by atoms with Gasteiger partial charge in [-0.15, -0.1) is 0 Å². The van der Waals surface area contributed by atoms with Crippen molar-refractivity contribution in [1.82, 2.24) is 0 Å². The zero-order valence-electron chi connectivity index (χ0n) is 11.9. The summed E-state index contributed by atoms with van der Waals surface area (Å²) in [5.41, 5.74) is 0. The fourth-order valence-corrected chi connectivity index (χ4v) is 5.27. The van der Waals surface area contributed by atoms with E-state index in [1.54, 1.807) is 0 Å². The van der Waals surface area contributed by atoms with E-state index < -0.39 is 0 Å². The van der Waals surface area contributed by atoms with E-state index in [9.17, 15) is 0 Å². The lowest BCUT2D eigenvalue weighted by molar-refractivity contribution is 0.123. The summed E-state index contributed by atoms with van der Waals surface area (Å²) in [7, 11) is 0. The molecule has 2 aliphatic rings. The van der Waals surface area contributed by atoms with Crippen LogP contribution in [-0.4, -0.2) is 0 Å². The van der Waals surface area contributed by atoms with E-state index in [1.807, 2.05) is 0 Å². The van der Waals surface area contributed by atoms with Gasteiger partial charge in [0, 0.05) is 0 Å². The lowest BCUT2D eigenvalue weighted by Crippen LogP contribution is -2.30. The van der Waals surface area contributed by atoms with E-state index in [2.05, 4.69) is 34.6 Å². The molecule has 2 rings (SSSR count). The molecule has 94 valence electrons. The first-order valence-corrected chi connectivity index (χ1v) is 7.52. The molecule has 0 aromatic rings. The monoisotopic (exact) mass is 222 g/mol. The first-order chi connectivity index (χ1) is 7.52. The second-order valence-corrected chi connectivity index (χ2v) is 7.08. The number of rotatable bonds is 2. The Hall–Kier alpha value is 0. The SMILES string of the molecule is CC1CCC(C)C1C(C)C1C(C)CCC1C. The summed E-state index contributed by atoms with van der Waals surface area (Å²) in [5, 5.41) is 0. The topological polar surface area (TPSA) is 0 Å². The minimum Gasteiger partial charge on any atom is -0.0622 e. The molecule has 0 aromatic carbocycles. The van der Waals surface area contributed by atoms with E-state index in [0.29, 0.717) is 0 Å². The van der Waals surface area contributed by atoms with Gasteiger partial charge in [0.15, 0.2) is 0 Å². The molecule has 2 fully saturated rings. The standard InChI is InChI=1S/C16H30/c1-10-6-7-11(2)15(10)14(5)16-12(3)8-9-13(16)4/h10-16H,6-9H2,1-5H3. The Morgan fingerprint density at radius 2 is 0.875 bits per heavy atom. The average Bonchev–Trinajstić information content (AvgIpc) is 2.71. The molecule has 2 saturated carbocycles. The molecule has 0 nitrogen and oxygen atoms in total. The second kappa shape index (κ2) is 4.70. The molecule has 0 heteroatoms. The third kappa shape index (κ3) is 2.05. The normalized spacial score (nSPS) is 50.8. The molecule has 0 spiro atoms. The lowest BCUT2D eigenvalue weighted by Gasteiger charge is -2.36. The van der Waals surface area contributed by atoms with Crippen LogP contribution in [0.5, 0.6) is 0 Å². The quantitative estimate of drug-likeness (QED) is 0.617. The number of hydrogen-bond donors (Lipinski definition) is 0. The Morgan fingerprint density at radius 1 is 0.625 bits per heavy atom. The minimum absolute atomic E-state index is 0.958. The molecule has 16 heavy (non-hydrogen) atoms. The van der Waals surface area contributed by atoms with Crippen LogP contribution in [0.25, 0.3) is 0 Å². The molecule has 0 N–H and O–H groups in total. The molecule has 0 radical (unpaired) electrons. The van der Waals surface area contributed by atoms with Crippen molar-refractivity contribution in [3.63, 3.8) is 0 Å². The highest BCUT2D eigenvalue weighted by atomic mass is 14.5. The summed E-state index contributed by atoms with van der Waals surface area (Å²) in [6, 6.07) is 0. The van der Waals surface area contributed by atoms with E-state index in [-0.39, 0.29) is 0 Å². The Balaban J connectivity index is 2.08. The van der Waals surface area contributed by atoms with Crippen molar-refractivity contribution >= 4 is 0 Å². The van der Waals surface area contributed by atoms with Crippen molar-refractivity contribution in [3.8, 4) is 0 Å². The molecule has 0 bridgehead atoms. The van der Waals surface area contributed by atoms with Crippen LogP contribution < -0.4 is 0 Å². The lowest BCUT2D eigenvalue weighted by atomic mass is 9.69. The van der Waals surface area contributed by atoms with Crippen LogP contribution in [-0.2, 0) is 0 Å². The molecular formula is C16H30. The molecular weight excluding hydrogens is 192 g/mol. The number of hydrogen-bond acceptors (Lipinski definition) is 0. The van der Waals surface area contributed by atoms with Crippen LogP contribution in [0.3, 0.4) is 0 Å². The van der Waals surface area contributed by atoms with Crippen LogP contribution in [0.1, 0.15) is 60.3 Å². The third-order valence-electron chi connectivity index (χ3n) is 6.00. The summed E-state index contributed by atoms with van der Waals surface area (Å²) in [6.45, 7) is 12.5. The van der Waals surface area contributed by atoms with Crippen molar-refractivity contribution in [2.45, 2.75) is 60.3 Å². The summed E-state index contributed by atoms with van der Waals surface area (Å²) in [4.78, 5) is 0. The van der Waals surface area contributed by atoms with Crippen molar-refractivity contribution in [2.24, 2.45) is 41.4 Å². The fourth-order valence-electron chi connectivity index (χ4n) is 5.27. The van der Waals surface area contributed by atoms with Crippen LogP contribution in [0.15, 0.2) is 0 Å². The van der Waals surface area contributed by atoms with Gasteiger partial charge in [-0.1, -0.05) is 60.3 Å². The Bertz CT molecular complexity index is 188. The summed E-state index contributed by atoms with van der Waals surface area (Å²) in [6.07, 6.45) is 5.91. The van der Waals surface area contributed by atoms with Crippen molar-refractivity contribution in [1.29, 1.82) is 0 Å². The fraction of sp³-hybridized carbons (Fsp3) is 1.00. The van der Waals surface area contributed by atoms with Crippen LogP contribution in [0, 0.1) is 41.4 Å². The molecule has 0 saturated heterocycles. The first kappa shape index (κ1) is 12.5. The van der Waals surface area contributed by atoms with Gasteiger partial charge in [-0.2, -0.15) is 0 Å². The van der Waals surface area contributed by atoms with Crippen molar-refractivity contribution < 1.29 is 0 Å². The average molecular weight is 222 g/mol. The molecule has 0 heterocycles. The van der Waals surface area contributed by atoms with Crippen molar-refractivity contribution in [2.75, 3.05) is 0 Å². The highest BCUT2D eigenvalue weighted by molar-refractivity contribution is 4.91. The van der Waals surface area contributed by atoms with Gasteiger partial charge in [0.25, 0.3) is 0 Å². The van der Waals surface area contributed by atoms with Crippen LogP contribution in [0.4, 0.5) is 0 Å². The molecule has 4 unspecified atom stereocenters. The van der Waals surface area contributed by atoms with Gasteiger partial charge in [-0.25, -0.2) is 0 Å². The Morgan fingerprint density at radius 3 is 1.12 bits per heavy atom. The highest BCUT2D eigenvalue weighted by Crippen LogP contribution is 2.50. The first-order valence-electron chi connectivity index (χ1n) is 7.52. The van der Waals surface area contributed by atoms with E-state index >= 15 is 0 Å². The van der Waals surface area contributed by atoms with Crippen molar-refractivity contribution in [3.05, 3.63) is 0 Å². The van der Waals surface area contributed by atoms with Crippen LogP contribution in [0.2, 0.25) is 0 Å². The zero-order valence-corrected chi connectivity index (χ0v) is 11.9. The highest BCUT2D eigenvalue weighted by Gasteiger charge is 2.42. The van der Waals surface area contributed by atoms with Gasteiger partial charge >= 0.3 is 0 Å². The molecule has 0 amide bonds. The maximum atomic E-state index is 2.56. The second-order valence-electron chi connectivity index (χ2n) is 7.08. The maximum absolute atomic E-state index is 2.56. The third-order valence-corrected chi connectivity index (χ3v) is 6.00. The van der Waals surface area contributed by atoms with Gasteiger partial charge in [-0.05, 0) is 41.4 Å². The predicted molar refractivity (Wildman–Crippen MR) is 71.3 cm³/mol. The zero-order chi connectivity index (χ0) is 11.9. The van der Waals surface area contributed by atoms with Gasteiger partial charge in [0.2, 0.25) is 0 Å². The Labute approximate surface area is 102 Å². The smallest absolute Gasteiger partial charge is 0.0334 e. The van der Waals surface area contributed by atoms with E-state index in [1.165, 1.54) is 25.7 Å². The predicted octanol–water partition coefficient (Wildman–Crippen LogP) is 4.99. The summed E-state index contributed by atoms with van der Waals surface area (Å²) < 4.78 is 0. The van der Waals surface area contributed by atoms with E-state index in [4.69, 9.17) is 0 Å². The van der Waals surface area contributed by atoms with Gasteiger partial charge in [-0.3, -0.25) is 0 Å². The van der Waals surface area contributed by atoms with Gasteiger partial charge in [0.05, 0.1) is 0 Å². The maximum Gasteiger partial charge on any atom is -0.0334 e. The molecule has 2 aliphatic carbocycles. The Kier molecular flexibility index (Phi) is 3.66. The van der Waals surface area contributed by atoms with E-state index in [0.717, 1.165) is 41.4 Å². The molecule has 0 aromatic heterocycles. The summed E-state index contributed by atoms with van der Waals surface area (Å²) in [5.74, 6) is 6.88. The van der Waals surface area contributed by atoms with Crippen LogP contribution >= 0.6 is 0 Å².